The van der Waals surface area contributed by atoms with Gasteiger partial charge in [-0.25, -0.2) is 13.1 Å². The summed E-state index contributed by atoms with van der Waals surface area (Å²) in [4.78, 5) is 10.6. The van der Waals surface area contributed by atoms with Gasteiger partial charge in [0.25, 0.3) is 0 Å². The van der Waals surface area contributed by atoms with Crippen molar-refractivity contribution in [2.45, 2.75) is 51.6 Å². The quantitative estimate of drug-likeness (QED) is 0.817. The number of rotatable bonds is 6. The number of carboxylic acid groups (broad SMARTS) is 1. The lowest BCUT2D eigenvalue weighted by molar-refractivity contribution is -0.137. The first-order valence-electron chi connectivity index (χ1n) is 6.75. The Balaban J connectivity index is 2.09. The summed E-state index contributed by atoms with van der Waals surface area (Å²) >= 11 is 0. The van der Waals surface area contributed by atoms with Crippen LogP contribution >= 0.6 is 0 Å². The smallest absolute Gasteiger partial charge is 0.305 e. The topological polar surface area (TPSA) is 101 Å². The van der Waals surface area contributed by atoms with Gasteiger partial charge in [-0.15, -0.1) is 0 Å². The number of aromatic nitrogens is 2. The standard InChI is InChI=1S/C13H21N3O4S/c1-12(2)11(13(12,3)4)15-21(19,20)9-7-14-16(8-9)6-5-10(17)18/h7-8,11,15H,5-6H2,1-4H3,(H,17,18). The van der Waals surface area contributed by atoms with Crippen LogP contribution in [0.1, 0.15) is 34.1 Å². The fourth-order valence-electron chi connectivity index (χ4n) is 2.53. The van der Waals surface area contributed by atoms with Gasteiger partial charge in [0, 0.05) is 12.2 Å². The van der Waals surface area contributed by atoms with E-state index >= 15 is 0 Å². The van der Waals surface area contributed by atoms with E-state index in [4.69, 9.17) is 5.11 Å². The van der Waals surface area contributed by atoms with Crippen LogP contribution < -0.4 is 4.72 Å². The maximum atomic E-state index is 12.3. The van der Waals surface area contributed by atoms with Gasteiger partial charge in [0.1, 0.15) is 4.90 Å². The van der Waals surface area contributed by atoms with Crippen molar-refractivity contribution < 1.29 is 18.3 Å². The Morgan fingerprint density at radius 1 is 1.38 bits per heavy atom. The highest BCUT2D eigenvalue weighted by Crippen LogP contribution is 2.62. The second kappa shape index (κ2) is 4.81. The van der Waals surface area contributed by atoms with Crippen molar-refractivity contribution in [2.75, 3.05) is 0 Å². The molecule has 1 aromatic rings. The monoisotopic (exact) mass is 315 g/mol. The molecule has 1 aliphatic carbocycles. The van der Waals surface area contributed by atoms with Crippen molar-refractivity contribution in [2.24, 2.45) is 10.8 Å². The Morgan fingerprint density at radius 3 is 2.43 bits per heavy atom. The molecule has 21 heavy (non-hydrogen) atoms. The largest absolute Gasteiger partial charge is 0.481 e. The number of sulfonamides is 1. The second-order valence-corrected chi connectivity index (χ2v) is 8.29. The van der Waals surface area contributed by atoms with E-state index in [0.717, 1.165) is 0 Å². The molecule has 0 spiro atoms. The molecule has 0 radical (unpaired) electrons. The number of carboxylic acids is 1. The summed E-state index contributed by atoms with van der Waals surface area (Å²) in [6.45, 7) is 8.24. The SMILES string of the molecule is CC1(C)C(NS(=O)(=O)c2cnn(CCC(=O)O)c2)C1(C)C. The zero-order chi connectivity index (χ0) is 16.1. The van der Waals surface area contributed by atoms with E-state index in [2.05, 4.69) is 9.82 Å². The molecule has 1 saturated carbocycles. The lowest BCUT2D eigenvalue weighted by atomic mass is 10.0. The van der Waals surface area contributed by atoms with Crippen molar-refractivity contribution >= 4 is 16.0 Å². The first-order chi connectivity index (χ1) is 9.48. The zero-order valence-electron chi connectivity index (χ0n) is 12.6. The fourth-order valence-corrected chi connectivity index (χ4v) is 4.01. The third kappa shape index (κ3) is 2.82. The van der Waals surface area contributed by atoms with Gasteiger partial charge in [-0.05, 0) is 10.8 Å². The summed E-state index contributed by atoms with van der Waals surface area (Å²) in [6, 6.07) is -0.127. The van der Waals surface area contributed by atoms with E-state index in [0.29, 0.717) is 0 Å². The van der Waals surface area contributed by atoms with Gasteiger partial charge in [-0.3, -0.25) is 9.48 Å². The molecule has 8 heteroatoms. The molecule has 7 nitrogen and oxygen atoms in total. The van der Waals surface area contributed by atoms with Crippen molar-refractivity contribution in [3.05, 3.63) is 12.4 Å². The molecule has 1 heterocycles. The third-order valence-corrected chi connectivity index (χ3v) is 6.15. The van der Waals surface area contributed by atoms with Crippen LogP contribution in [0, 0.1) is 10.8 Å². The summed E-state index contributed by atoms with van der Waals surface area (Å²) in [5.74, 6) is -0.950. The Labute approximate surface area is 124 Å². The molecule has 0 unspecified atom stereocenters. The maximum Gasteiger partial charge on any atom is 0.305 e. The van der Waals surface area contributed by atoms with E-state index in [1.54, 1.807) is 0 Å². The number of nitrogens with one attached hydrogen (secondary N) is 1. The van der Waals surface area contributed by atoms with Crippen LogP contribution in [0.3, 0.4) is 0 Å². The van der Waals surface area contributed by atoms with Gasteiger partial charge in [0.2, 0.25) is 10.0 Å². The van der Waals surface area contributed by atoms with Gasteiger partial charge in [0.15, 0.2) is 0 Å². The molecule has 118 valence electrons. The van der Waals surface area contributed by atoms with Crippen molar-refractivity contribution in [1.29, 1.82) is 0 Å². The van der Waals surface area contributed by atoms with Crippen LogP contribution in [-0.4, -0.2) is 35.3 Å². The predicted molar refractivity (Wildman–Crippen MR) is 76.2 cm³/mol. The van der Waals surface area contributed by atoms with Crippen LogP contribution in [0.15, 0.2) is 17.3 Å². The van der Waals surface area contributed by atoms with Gasteiger partial charge >= 0.3 is 5.97 Å². The molecule has 0 aliphatic heterocycles. The number of carbonyl (C=O) groups is 1. The molecule has 1 aromatic heterocycles. The number of hydrogen-bond acceptors (Lipinski definition) is 4. The Morgan fingerprint density at radius 2 is 1.95 bits per heavy atom. The molecule has 0 saturated heterocycles. The van der Waals surface area contributed by atoms with Gasteiger partial charge in [-0.1, -0.05) is 27.7 Å². The van der Waals surface area contributed by atoms with E-state index < -0.39 is 16.0 Å². The molecular weight excluding hydrogens is 294 g/mol. The molecule has 2 N–H and O–H groups in total. The normalized spacial score (nSPS) is 20.4. The maximum absolute atomic E-state index is 12.3. The average Bonchev–Trinajstić information content (AvgIpc) is 2.77. The molecule has 0 bridgehead atoms. The Hall–Kier alpha value is -1.41. The van der Waals surface area contributed by atoms with E-state index in [1.807, 2.05) is 27.7 Å². The summed E-state index contributed by atoms with van der Waals surface area (Å²) in [6.07, 6.45) is 2.50. The summed E-state index contributed by atoms with van der Waals surface area (Å²) in [7, 11) is -3.64. The lowest BCUT2D eigenvalue weighted by Gasteiger charge is -2.06. The lowest BCUT2D eigenvalue weighted by Crippen LogP contribution is -2.29. The number of aryl methyl sites for hydroxylation is 1. The van der Waals surface area contributed by atoms with E-state index in [-0.39, 0.29) is 34.7 Å². The summed E-state index contributed by atoms with van der Waals surface area (Å²) in [5, 5.41) is 12.5. The number of nitrogens with zero attached hydrogens (tertiary/aromatic N) is 2. The highest BCUT2D eigenvalue weighted by atomic mass is 32.2. The van der Waals surface area contributed by atoms with Gasteiger partial charge in [-0.2, -0.15) is 5.10 Å². The van der Waals surface area contributed by atoms with Crippen LogP contribution in [0.5, 0.6) is 0 Å². The minimum Gasteiger partial charge on any atom is -0.481 e. The second-order valence-electron chi connectivity index (χ2n) is 6.58. The third-order valence-electron chi connectivity index (χ3n) is 4.77. The molecule has 0 atom stereocenters. The zero-order valence-corrected chi connectivity index (χ0v) is 13.4. The molecule has 0 aromatic carbocycles. The van der Waals surface area contributed by atoms with E-state index in [1.165, 1.54) is 17.1 Å². The van der Waals surface area contributed by atoms with Gasteiger partial charge < -0.3 is 5.11 Å². The summed E-state index contributed by atoms with van der Waals surface area (Å²) in [5.41, 5.74) is -0.196. The minimum atomic E-state index is -3.64. The first-order valence-corrected chi connectivity index (χ1v) is 8.23. The van der Waals surface area contributed by atoms with Crippen molar-refractivity contribution in [3.63, 3.8) is 0 Å². The van der Waals surface area contributed by atoms with Crippen LogP contribution in [0.4, 0.5) is 0 Å². The minimum absolute atomic E-state index is 0.0615. The average molecular weight is 315 g/mol. The summed E-state index contributed by atoms with van der Waals surface area (Å²) < 4.78 is 28.7. The molecule has 1 fully saturated rings. The highest BCUT2D eigenvalue weighted by Gasteiger charge is 2.66. The molecule has 0 amide bonds. The van der Waals surface area contributed by atoms with Crippen molar-refractivity contribution in [1.82, 2.24) is 14.5 Å². The number of hydrogen-bond donors (Lipinski definition) is 2. The fraction of sp³-hybridized carbons (Fsp3) is 0.692. The van der Waals surface area contributed by atoms with Gasteiger partial charge in [0.05, 0.1) is 19.2 Å². The first kappa shape index (κ1) is 16.0. The van der Waals surface area contributed by atoms with E-state index in [9.17, 15) is 13.2 Å². The highest BCUT2D eigenvalue weighted by molar-refractivity contribution is 7.89. The number of aliphatic carboxylic acids is 1. The Kier molecular flexibility index (Phi) is 3.66. The predicted octanol–water partition coefficient (Wildman–Crippen LogP) is 1.07. The Bertz CT molecular complexity index is 647. The molecular formula is C13H21N3O4S. The van der Waals surface area contributed by atoms with Crippen molar-refractivity contribution in [3.8, 4) is 0 Å². The van der Waals surface area contributed by atoms with Crippen LogP contribution in [-0.2, 0) is 21.4 Å². The van der Waals surface area contributed by atoms with Crippen LogP contribution in [0.25, 0.3) is 0 Å². The van der Waals surface area contributed by atoms with Crippen LogP contribution in [0.2, 0.25) is 0 Å². The molecule has 2 rings (SSSR count). The molecule has 1 aliphatic rings.